The molecule has 8 heteroatoms. The third-order valence-corrected chi connectivity index (χ3v) is 4.34. The molecule has 0 radical (unpaired) electrons. The van der Waals surface area contributed by atoms with E-state index in [0.717, 1.165) is 4.47 Å². The van der Waals surface area contributed by atoms with E-state index >= 15 is 0 Å². The van der Waals surface area contributed by atoms with Gasteiger partial charge < -0.3 is 15.4 Å². The van der Waals surface area contributed by atoms with Crippen LogP contribution in [0.4, 0.5) is 11.5 Å². The Morgan fingerprint density at radius 1 is 1.22 bits per heavy atom. The van der Waals surface area contributed by atoms with E-state index in [2.05, 4.69) is 31.5 Å². The van der Waals surface area contributed by atoms with Crippen molar-refractivity contribution in [3.63, 3.8) is 0 Å². The summed E-state index contributed by atoms with van der Waals surface area (Å²) in [6, 6.07) is 10.2. The van der Waals surface area contributed by atoms with Gasteiger partial charge in [-0.15, -0.1) is 0 Å². The van der Waals surface area contributed by atoms with E-state index < -0.39 is 6.04 Å². The van der Waals surface area contributed by atoms with Crippen molar-refractivity contribution in [1.29, 1.82) is 0 Å². The van der Waals surface area contributed by atoms with Gasteiger partial charge in [0.15, 0.2) is 0 Å². The van der Waals surface area contributed by atoms with Crippen molar-refractivity contribution in [3.05, 3.63) is 47.1 Å². The van der Waals surface area contributed by atoms with Crippen LogP contribution < -0.4 is 15.4 Å². The first kappa shape index (κ1) is 20.9. The number of ether oxygens (including phenoxy) is 1. The van der Waals surface area contributed by atoms with Crippen molar-refractivity contribution in [3.8, 4) is 5.75 Å². The minimum absolute atomic E-state index is 0.0550. The average molecular weight is 435 g/mol. The van der Waals surface area contributed by atoms with Crippen LogP contribution in [0.3, 0.4) is 0 Å². The number of nitrogens with one attached hydrogen (secondary N) is 2. The van der Waals surface area contributed by atoms with Crippen LogP contribution in [0, 0.1) is 0 Å². The van der Waals surface area contributed by atoms with Crippen LogP contribution in [-0.2, 0) is 9.59 Å². The molecule has 0 spiro atoms. The largest absolute Gasteiger partial charge is 0.492 e. The number of pyridine rings is 1. The zero-order valence-corrected chi connectivity index (χ0v) is 17.1. The van der Waals surface area contributed by atoms with Crippen molar-refractivity contribution >= 4 is 39.2 Å². The van der Waals surface area contributed by atoms with Crippen molar-refractivity contribution < 1.29 is 14.3 Å². The lowest BCUT2D eigenvalue weighted by Gasteiger charge is -2.23. The van der Waals surface area contributed by atoms with Crippen molar-refractivity contribution in [2.45, 2.75) is 19.9 Å². The summed E-state index contributed by atoms with van der Waals surface area (Å²) in [6.07, 6.45) is 1.60. The number of hydrogen-bond acceptors (Lipinski definition) is 5. The van der Waals surface area contributed by atoms with Gasteiger partial charge in [0.1, 0.15) is 11.6 Å². The number of aromatic nitrogens is 1. The quantitative estimate of drug-likeness (QED) is 0.666. The number of rotatable bonds is 8. The first-order valence-electron chi connectivity index (χ1n) is 8.55. The van der Waals surface area contributed by atoms with E-state index in [4.69, 9.17) is 4.74 Å². The third kappa shape index (κ3) is 6.33. The number of hydrogen-bond donors (Lipinski definition) is 2. The van der Waals surface area contributed by atoms with Gasteiger partial charge in [-0.1, -0.05) is 12.1 Å². The summed E-state index contributed by atoms with van der Waals surface area (Å²) in [5.74, 6) is 0.600. The number of nitrogens with zero attached hydrogens (tertiary/aromatic N) is 2. The fourth-order valence-electron chi connectivity index (χ4n) is 2.28. The SMILES string of the molecule is CCOc1ccccc1NC(=O)C(C)N(C)CC(=O)Nc1ccc(Br)cn1. The van der Waals surface area contributed by atoms with Gasteiger partial charge in [0.2, 0.25) is 11.8 Å². The molecule has 1 heterocycles. The highest BCUT2D eigenvalue weighted by atomic mass is 79.9. The zero-order valence-electron chi connectivity index (χ0n) is 15.5. The molecule has 0 bridgehead atoms. The Labute approximate surface area is 167 Å². The molecule has 27 heavy (non-hydrogen) atoms. The normalized spacial score (nSPS) is 11.7. The molecule has 144 valence electrons. The summed E-state index contributed by atoms with van der Waals surface area (Å²) in [5, 5.41) is 5.56. The molecule has 2 rings (SSSR count). The molecular weight excluding hydrogens is 412 g/mol. The maximum absolute atomic E-state index is 12.5. The number of likely N-dealkylation sites (N-methyl/N-ethyl adjacent to an activating group) is 1. The number of halogens is 1. The third-order valence-electron chi connectivity index (χ3n) is 3.87. The van der Waals surface area contributed by atoms with Crippen molar-refractivity contribution in [1.82, 2.24) is 9.88 Å². The van der Waals surface area contributed by atoms with Crippen LogP contribution in [0.25, 0.3) is 0 Å². The molecule has 1 atom stereocenters. The van der Waals surface area contributed by atoms with Gasteiger partial charge in [0.25, 0.3) is 0 Å². The first-order chi connectivity index (χ1) is 12.9. The van der Waals surface area contributed by atoms with Gasteiger partial charge in [-0.3, -0.25) is 14.5 Å². The zero-order chi connectivity index (χ0) is 19.8. The molecular formula is C19H23BrN4O3. The van der Waals surface area contributed by atoms with Crippen LogP contribution in [0.15, 0.2) is 47.1 Å². The van der Waals surface area contributed by atoms with Gasteiger partial charge in [-0.25, -0.2) is 4.98 Å². The summed E-state index contributed by atoms with van der Waals surface area (Å²) < 4.78 is 6.34. The second-order valence-corrected chi connectivity index (χ2v) is 6.84. The number of benzene rings is 1. The fraction of sp³-hybridized carbons (Fsp3) is 0.316. The Hall–Kier alpha value is -2.45. The molecule has 2 aromatic rings. The Morgan fingerprint density at radius 3 is 2.63 bits per heavy atom. The van der Waals surface area contributed by atoms with E-state index in [1.54, 1.807) is 49.3 Å². The smallest absolute Gasteiger partial charge is 0.241 e. The predicted octanol–water partition coefficient (Wildman–Crippen LogP) is 3.14. The Kier molecular flexibility index (Phi) is 7.75. The number of anilines is 2. The van der Waals surface area contributed by atoms with E-state index in [-0.39, 0.29) is 18.4 Å². The fourth-order valence-corrected chi connectivity index (χ4v) is 2.52. The van der Waals surface area contributed by atoms with E-state index in [1.165, 1.54) is 0 Å². The highest BCUT2D eigenvalue weighted by molar-refractivity contribution is 9.10. The van der Waals surface area contributed by atoms with Crippen LogP contribution >= 0.6 is 15.9 Å². The molecule has 0 saturated carbocycles. The lowest BCUT2D eigenvalue weighted by molar-refractivity contribution is -0.122. The topological polar surface area (TPSA) is 83.6 Å². The Balaban J connectivity index is 1.91. The van der Waals surface area contributed by atoms with E-state index in [1.807, 2.05) is 19.1 Å². The molecule has 1 aromatic heterocycles. The summed E-state index contributed by atoms with van der Waals surface area (Å²) >= 11 is 3.29. The van der Waals surface area contributed by atoms with Crippen molar-refractivity contribution in [2.24, 2.45) is 0 Å². The molecule has 0 aliphatic rings. The lowest BCUT2D eigenvalue weighted by Crippen LogP contribution is -2.43. The maximum Gasteiger partial charge on any atom is 0.241 e. The molecule has 7 nitrogen and oxygen atoms in total. The number of carbonyl (C=O) groups is 2. The molecule has 2 amide bonds. The van der Waals surface area contributed by atoms with Gasteiger partial charge in [0, 0.05) is 10.7 Å². The van der Waals surface area contributed by atoms with Crippen LogP contribution in [0.5, 0.6) is 5.75 Å². The molecule has 2 N–H and O–H groups in total. The summed E-state index contributed by atoms with van der Waals surface area (Å²) in [6.45, 7) is 4.18. The maximum atomic E-state index is 12.5. The summed E-state index contributed by atoms with van der Waals surface area (Å²) in [7, 11) is 1.72. The van der Waals surface area contributed by atoms with Crippen molar-refractivity contribution in [2.75, 3.05) is 30.8 Å². The van der Waals surface area contributed by atoms with Gasteiger partial charge in [-0.05, 0) is 61.1 Å². The standard InChI is InChI=1S/C19H23BrN4O3/c1-4-27-16-8-6-5-7-15(16)22-19(26)13(2)24(3)12-18(25)23-17-10-9-14(20)11-21-17/h5-11,13H,4,12H2,1-3H3,(H,22,26)(H,21,23,25). The van der Waals surface area contributed by atoms with E-state index in [9.17, 15) is 9.59 Å². The minimum Gasteiger partial charge on any atom is -0.492 e. The van der Waals surface area contributed by atoms with Gasteiger partial charge >= 0.3 is 0 Å². The average Bonchev–Trinajstić information content (AvgIpc) is 2.64. The van der Waals surface area contributed by atoms with Gasteiger partial charge in [0.05, 0.1) is 24.9 Å². The number of amides is 2. The Morgan fingerprint density at radius 2 is 1.96 bits per heavy atom. The monoisotopic (exact) mass is 434 g/mol. The summed E-state index contributed by atoms with van der Waals surface area (Å²) in [4.78, 5) is 30.5. The number of para-hydroxylation sites is 2. The lowest BCUT2D eigenvalue weighted by atomic mass is 10.2. The Bertz CT molecular complexity index is 783. The second-order valence-electron chi connectivity index (χ2n) is 5.92. The molecule has 1 aromatic carbocycles. The van der Waals surface area contributed by atoms with Crippen LogP contribution in [0.2, 0.25) is 0 Å². The molecule has 1 unspecified atom stereocenters. The molecule has 0 saturated heterocycles. The molecule has 0 aliphatic carbocycles. The van der Waals surface area contributed by atoms with Crippen LogP contribution in [0.1, 0.15) is 13.8 Å². The first-order valence-corrected chi connectivity index (χ1v) is 9.34. The number of carbonyl (C=O) groups excluding carboxylic acids is 2. The highest BCUT2D eigenvalue weighted by Crippen LogP contribution is 2.24. The highest BCUT2D eigenvalue weighted by Gasteiger charge is 2.21. The molecule has 0 aliphatic heterocycles. The minimum atomic E-state index is -0.511. The van der Waals surface area contributed by atoms with Gasteiger partial charge in [-0.2, -0.15) is 0 Å². The molecule has 0 fully saturated rings. The van der Waals surface area contributed by atoms with Crippen LogP contribution in [-0.4, -0.2) is 47.9 Å². The second kappa shape index (κ2) is 10.0. The summed E-state index contributed by atoms with van der Waals surface area (Å²) in [5.41, 5.74) is 0.605. The van der Waals surface area contributed by atoms with E-state index in [0.29, 0.717) is 23.9 Å². The predicted molar refractivity (Wildman–Crippen MR) is 109 cm³/mol.